The van der Waals surface area contributed by atoms with Gasteiger partial charge in [-0.25, -0.2) is 0 Å². The summed E-state index contributed by atoms with van der Waals surface area (Å²) in [6.45, 7) is 0. The Labute approximate surface area is 103 Å². The molecule has 0 radical (unpaired) electrons. The van der Waals surface area contributed by atoms with E-state index in [1.54, 1.807) is 0 Å². The number of ether oxygens (including phenoxy) is 1. The molecule has 1 atom stereocenters. The Morgan fingerprint density at radius 1 is 1.06 bits per heavy atom. The van der Waals surface area contributed by atoms with Crippen LogP contribution in [-0.4, -0.2) is 13.3 Å². The molecule has 0 saturated carbocycles. The zero-order valence-corrected chi connectivity index (χ0v) is 9.62. The highest BCUT2D eigenvalue weighted by atomic mass is 35.5. The van der Waals surface area contributed by atoms with E-state index in [-0.39, 0.29) is 0 Å². The highest BCUT2D eigenvalue weighted by molar-refractivity contribution is 6.30. The molecule has 0 aliphatic rings. The Bertz CT molecular complexity index is 425. The molecule has 0 bridgehead atoms. The van der Waals surface area contributed by atoms with Crippen LogP contribution in [0.25, 0.3) is 0 Å². The van der Waals surface area contributed by atoms with Crippen molar-refractivity contribution in [2.24, 2.45) is 0 Å². The Balaban J connectivity index is 3.29. The smallest absolute Gasteiger partial charge is 0.367 e. The largest absolute Gasteiger partial charge is 0.418 e. The summed E-state index contributed by atoms with van der Waals surface area (Å²) in [4.78, 5) is 0. The maximum Gasteiger partial charge on any atom is 0.418 e. The van der Waals surface area contributed by atoms with Crippen molar-refractivity contribution in [3.8, 4) is 0 Å². The molecule has 0 aliphatic carbocycles. The van der Waals surface area contributed by atoms with Crippen LogP contribution in [-0.2, 0) is 10.9 Å². The summed E-state index contributed by atoms with van der Waals surface area (Å²) in [6.07, 6.45) is -12.0. The molecule has 8 heteroatoms. The zero-order chi connectivity index (χ0) is 14.1. The number of benzene rings is 1. The van der Waals surface area contributed by atoms with Crippen LogP contribution in [0.1, 0.15) is 17.2 Å². The standard InChI is InChI=1S/C10H7ClF6O/c1-18-8(10(15,16)17)5-2-6(9(12,13)14)4-7(11)3-5/h2-4,8H,1H3. The Morgan fingerprint density at radius 3 is 2.00 bits per heavy atom. The van der Waals surface area contributed by atoms with Crippen molar-refractivity contribution in [3.05, 3.63) is 34.3 Å². The first-order valence-electron chi connectivity index (χ1n) is 4.53. The van der Waals surface area contributed by atoms with Crippen molar-refractivity contribution in [1.82, 2.24) is 0 Å². The summed E-state index contributed by atoms with van der Waals surface area (Å²) in [7, 11) is 0.756. The van der Waals surface area contributed by atoms with Gasteiger partial charge in [0.25, 0.3) is 0 Å². The van der Waals surface area contributed by atoms with Crippen molar-refractivity contribution in [1.29, 1.82) is 0 Å². The second-order valence-electron chi connectivity index (χ2n) is 3.43. The second kappa shape index (κ2) is 4.97. The van der Waals surface area contributed by atoms with Gasteiger partial charge in [0.1, 0.15) is 0 Å². The maximum absolute atomic E-state index is 12.5. The van der Waals surface area contributed by atoms with E-state index >= 15 is 0 Å². The predicted molar refractivity (Wildman–Crippen MR) is 52.3 cm³/mol. The van der Waals surface area contributed by atoms with E-state index in [0.29, 0.717) is 12.1 Å². The third-order valence-electron chi connectivity index (χ3n) is 2.08. The summed E-state index contributed by atoms with van der Waals surface area (Å²) in [5, 5.41) is -0.439. The molecule has 0 amide bonds. The number of halogens is 7. The van der Waals surface area contributed by atoms with Gasteiger partial charge in [-0.15, -0.1) is 0 Å². The van der Waals surface area contributed by atoms with Gasteiger partial charge in [0, 0.05) is 12.1 Å². The molecule has 0 spiro atoms. The van der Waals surface area contributed by atoms with E-state index in [0.717, 1.165) is 13.2 Å². The lowest BCUT2D eigenvalue weighted by Gasteiger charge is -2.20. The molecule has 1 rings (SSSR count). The summed E-state index contributed by atoms with van der Waals surface area (Å²) in [5.74, 6) is 0. The molecular formula is C10H7ClF6O. The van der Waals surface area contributed by atoms with Gasteiger partial charge in [-0.3, -0.25) is 0 Å². The minimum absolute atomic E-state index is 0.369. The monoisotopic (exact) mass is 292 g/mol. The van der Waals surface area contributed by atoms with E-state index in [1.165, 1.54) is 0 Å². The van der Waals surface area contributed by atoms with Gasteiger partial charge in [-0.2, -0.15) is 26.3 Å². The molecule has 0 N–H and O–H groups in total. The fourth-order valence-electron chi connectivity index (χ4n) is 1.39. The van der Waals surface area contributed by atoms with E-state index in [9.17, 15) is 26.3 Å². The molecule has 0 heterocycles. The van der Waals surface area contributed by atoms with E-state index in [4.69, 9.17) is 11.6 Å². The molecular weight excluding hydrogens is 286 g/mol. The lowest BCUT2D eigenvalue weighted by atomic mass is 10.1. The number of hydrogen-bond acceptors (Lipinski definition) is 1. The Morgan fingerprint density at radius 2 is 1.61 bits per heavy atom. The molecule has 1 aromatic carbocycles. The molecule has 0 saturated heterocycles. The van der Waals surface area contributed by atoms with Crippen LogP contribution < -0.4 is 0 Å². The first-order valence-corrected chi connectivity index (χ1v) is 4.90. The minimum atomic E-state index is -4.82. The zero-order valence-electron chi connectivity index (χ0n) is 8.86. The SMILES string of the molecule is COC(c1cc(Cl)cc(C(F)(F)F)c1)C(F)(F)F. The second-order valence-corrected chi connectivity index (χ2v) is 3.86. The highest BCUT2D eigenvalue weighted by Crippen LogP contribution is 2.39. The average molecular weight is 293 g/mol. The first kappa shape index (κ1) is 15.1. The highest BCUT2D eigenvalue weighted by Gasteiger charge is 2.42. The van der Waals surface area contributed by atoms with Gasteiger partial charge >= 0.3 is 12.4 Å². The number of rotatable bonds is 2. The van der Waals surface area contributed by atoms with Crippen molar-refractivity contribution in [2.75, 3.05) is 7.11 Å². The van der Waals surface area contributed by atoms with Crippen molar-refractivity contribution in [2.45, 2.75) is 18.5 Å². The van der Waals surface area contributed by atoms with Crippen LogP contribution in [0.4, 0.5) is 26.3 Å². The van der Waals surface area contributed by atoms with Crippen LogP contribution in [0.15, 0.2) is 18.2 Å². The van der Waals surface area contributed by atoms with Gasteiger partial charge in [-0.05, 0) is 23.8 Å². The maximum atomic E-state index is 12.5. The third-order valence-corrected chi connectivity index (χ3v) is 2.30. The summed E-state index contributed by atoms with van der Waals surface area (Å²) >= 11 is 5.38. The minimum Gasteiger partial charge on any atom is -0.367 e. The van der Waals surface area contributed by atoms with Crippen molar-refractivity contribution >= 4 is 11.6 Å². The molecule has 18 heavy (non-hydrogen) atoms. The molecule has 0 aromatic heterocycles. The summed E-state index contributed by atoms with van der Waals surface area (Å²) < 4.78 is 79.0. The normalized spacial score (nSPS) is 14.7. The van der Waals surface area contributed by atoms with Crippen LogP contribution in [0, 0.1) is 0 Å². The van der Waals surface area contributed by atoms with Crippen LogP contribution in [0.3, 0.4) is 0 Å². The lowest BCUT2D eigenvalue weighted by Crippen LogP contribution is -2.23. The van der Waals surface area contributed by atoms with E-state index in [1.807, 2.05) is 0 Å². The lowest BCUT2D eigenvalue weighted by molar-refractivity contribution is -0.216. The van der Waals surface area contributed by atoms with E-state index in [2.05, 4.69) is 4.74 Å². The van der Waals surface area contributed by atoms with Crippen LogP contribution in [0.5, 0.6) is 0 Å². The quantitative estimate of drug-likeness (QED) is 0.723. The predicted octanol–water partition coefficient (Wildman–Crippen LogP) is 4.61. The fraction of sp³-hybridized carbons (Fsp3) is 0.400. The number of methoxy groups -OCH3 is 1. The summed E-state index contributed by atoms with van der Waals surface area (Å²) in [5.41, 5.74) is -1.94. The molecule has 0 fully saturated rings. The molecule has 102 valence electrons. The summed E-state index contributed by atoms with van der Waals surface area (Å²) in [6, 6.07) is 1.71. The van der Waals surface area contributed by atoms with Gasteiger partial charge < -0.3 is 4.74 Å². The van der Waals surface area contributed by atoms with Crippen LogP contribution >= 0.6 is 11.6 Å². The van der Waals surface area contributed by atoms with Gasteiger partial charge in [0.05, 0.1) is 5.56 Å². The molecule has 1 aromatic rings. The fourth-order valence-corrected chi connectivity index (χ4v) is 1.63. The van der Waals surface area contributed by atoms with Gasteiger partial charge in [0.15, 0.2) is 6.10 Å². The Hall–Kier alpha value is -0.950. The molecule has 1 nitrogen and oxygen atoms in total. The Kier molecular flexibility index (Phi) is 4.17. The topological polar surface area (TPSA) is 9.23 Å². The van der Waals surface area contributed by atoms with Crippen LogP contribution in [0.2, 0.25) is 5.02 Å². The average Bonchev–Trinajstić information content (AvgIpc) is 2.13. The third kappa shape index (κ3) is 3.52. The number of hydrogen-bond donors (Lipinski definition) is 0. The van der Waals surface area contributed by atoms with Gasteiger partial charge in [-0.1, -0.05) is 11.6 Å². The molecule has 1 unspecified atom stereocenters. The van der Waals surface area contributed by atoms with Crippen molar-refractivity contribution in [3.63, 3.8) is 0 Å². The van der Waals surface area contributed by atoms with Crippen molar-refractivity contribution < 1.29 is 31.1 Å². The number of alkyl halides is 6. The van der Waals surface area contributed by atoms with Gasteiger partial charge in [0.2, 0.25) is 0 Å². The molecule has 0 aliphatic heterocycles. The van der Waals surface area contributed by atoms with E-state index < -0.39 is 34.6 Å². The first-order chi connectivity index (χ1) is 8.05.